The third-order valence-electron chi connectivity index (χ3n) is 4.11. The zero-order chi connectivity index (χ0) is 18.5. The fourth-order valence-electron chi connectivity index (χ4n) is 2.76. The predicted molar refractivity (Wildman–Crippen MR) is 104 cm³/mol. The van der Waals surface area contributed by atoms with Crippen molar-refractivity contribution in [2.24, 2.45) is 5.73 Å². The van der Waals surface area contributed by atoms with Crippen LogP contribution in [-0.4, -0.2) is 54.1 Å². The van der Waals surface area contributed by atoms with Crippen LogP contribution in [0.2, 0.25) is 0 Å². The zero-order valence-corrected chi connectivity index (χ0v) is 15.3. The summed E-state index contributed by atoms with van der Waals surface area (Å²) in [7, 11) is 1.75. The summed E-state index contributed by atoms with van der Waals surface area (Å²) in [5.41, 5.74) is 8.73. The van der Waals surface area contributed by atoms with Crippen molar-refractivity contribution in [1.29, 1.82) is 0 Å². The van der Waals surface area contributed by atoms with Gasteiger partial charge in [0.15, 0.2) is 0 Å². The monoisotopic (exact) mass is 371 g/mol. The molecule has 136 valence electrons. The Labute approximate surface area is 156 Å². The molecule has 1 aromatic carbocycles. The topological polar surface area (TPSA) is 96.3 Å². The van der Waals surface area contributed by atoms with Crippen molar-refractivity contribution in [3.63, 3.8) is 0 Å². The smallest absolute Gasteiger partial charge is 0.248 e. The number of benzene rings is 1. The highest BCUT2D eigenvalue weighted by Crippen LogP contribution is 2.27. The molecular formula is C18H21N5O2S. The first kappa shape index (κ1) is 18.1. The average molecular weight is 371 g/mol. The van der Waals surface area contributed by atoms with Crippen molar-refractivity contribution in [2.75, 3.05) is 38.7 Å². The summed E-state index contributed by atoms with van der Waals surface area (Å²) in [6, 6.07) is 9.67. The van der Waals surface area contributed by atoms with E-state index in [2.05, 4.69) is 15.3 Å². The van der Waals surface area contributed by atoms with Gasteiger partial charge >= 0.3 is 0 Å². The molecule has 1 amide bonds. The maximum atomic E-state index is 12.5. The van der Waals surface area contributed by atoms with E-state index >= 15 is 0 Å². The summed E-state index contributed by atoms with van der Waals surface area (Å²) in [4.78, 5) is 21.7. The number of hydrogen-bond donors (Lipinski definition) is 3. The van der Waals surface area contributed by atoms with Gasteiger partial charge in [-0.15, -0.1) is 0 Å². The molecule has 0 spiro atoms. The number of aromatic nitrogens is 2. The summed E-state index contributed by atoms with van der Waals surface area (Å²) < 4.78 is 5.61. The molecule has 1 aliphatic rings. The fraction of sp³-hybridized carbons (Fsp3) is 0.278. The van der Waals surface area contributed by atoms with Gasteiger partial charge in [0.05, 0.1) is 24.5 Å². The van der Waals surface area contributed by atoms with Crippen LogP contribution in [0, 0.1) is 4.64 Å². The van der Waals surface area contributed by atoms with Gasteiger partial charge in [0.25, 0.3) is 0 Å². The first-order valence-corrected chi connectivity index (χ1v) is 8.72. The second kappa shape index (κ2) is 8.11. The molecule has 1 fully saturated rings. The molecule has 1 aromatic heterocycles. The molecule has 26 heavy (non-hydrogen) atoms. The maximum Gasteiger partial charge on any atom is 0.248 e. The number of nitrogens with zero attached hydrogens (tertiary/aromatic N) is 2. The number of anilines is 1. The van der Waals surface area contributed by atoms with E-state index in [0.29, 0.717) is 42.5 Å². The van der Waals surface area contributed by atoms with Crippen molar-refractivity contribution in [3.05, 3.63) is 46.6 Å². The van der Waals surface area contributed by atoms with E-state index in [0.717, 1.165) is 11.3 Å². The third-order valence-corrected chi connectivity index (χ3v) is 4.41. The molecule has 3 rings (SSSR count). The van der Waals surface area contributed by atoms with Crippen LogP contribution in [0.5, 0.6) is 0 Å². The molecule has 1 saturated heterocycles. The van der Waals surface area contributed by atoms with Crippen LogP contribution in [-0.2, 0) is 9.53 Å². The van der Waals surface area contributed by atoms with Crippen LogP contribution in [0.25, 0.3) is 17.0 Å². The lowest BCUT2D eigenvalue weighted by Crippen LogP contribution is -2.40. The van der Waals surface area contributed by atoms with Crippen LogP contribution in [0.4, 0.5) is 5.95 Å². The van der Waals surface area contributed by atoms with Crippen LogP contribution >= 0.6 is 12.2 Å². The van der Waals surface area contributed by atoms with Gasteiger partial charge in [-0.25, -0.2) is 4.98 Å². The molecule has 7 nitrogen and oxygen atoms in total. The summed E-state index contributed by atoms with van der Waals surface area (Å²) in [6.45, 7) is 2.18. The minimum absolute atomic E-state index is 0.156. The highest BCUT2D eigenvalue weighted by molar-refractivity contribution is 7.71. The predicted octanol–water partition coefficient (Wildman–Crippen LogP) is 2.01. The Hall–Kier alpha value is -2.71. The molecule has 8 heteroatoms. The van der Waals surface area contributed by atoms with E-state index in [1.54, 1.807) is 11.9 Å². The first-order valence-electron chi connectivity index (χ1n) is 8.32. The number of nitrogens with one attached hydrogen (secondary N) is 2. The van der Waals surface area contributed by atoms with Crippen molar-refractivity contribution in [2.45, 2.75) is 0 Å². The second-order valence-electron chi connectivity index (χ2n) is 5.79. The van der Waals surface area contributed by atoms with Crippen LogP contribution in [0.1, 0.15) is 5.56 Å². The van der Waals surface area contributed by atoms with Gasteiger partial charge in [-0.3, -0.25) is 4.79 Å². The number of hydrogen-bond acceptors (Lipinski definition) is 6. The Balaban J connectivity index is 2.04. The van der Waals surface area contributed by atoms with E-state index in [1.165, 1.54) is 6.08 Å². The number of amides is 1. The number of rotatable bonds is 4. The third kappa shape index (κ3) is 3.92. The Morgan fingerprint density at radius 3 is 2.69 bits per heavy atom. The van der Waals surface area contributed by atoms with Crippen molar-refractivity contribution in [1.82, 2.24) is 14.9 Å². The van der Waals surface area contributed by atoms with Crippen molar-refractivity contribution >= 4 is 29.8 Å². The summed E-state index contributed by atoms with van der Waals surface area (Å²) in [6.07, 6.45) is 1.41. The number of carbonyl (C=O) groups excluding carboxylic acids is 1. The Bertz CT molecular complexity index is 873. The molecule has 0 radical (unpaired) electrons. The lowest BCUT2D eigenvalue weighted by Gasteiger charge is -2.25. The molecule has 0 bridgehead atoms. The molecule has 2 heterocycles. The largest absolute Gasteiger partial charge is 0.398 e. The molecule has 0 atom stereocenters. The minimum Gasteiger partial charge on any atom is -0.398 e. The zero-order valence-electron chi connectivity index (χ0n) is 14.5. The van der Waals surface area contributed by atoms with E-state index in [4.69, 9.17) is 22.7 Å². The van der Waals surface area contributed by atoms with Gasteiger partial charge in [0.1, 0.15) is 4.64 Å². The number of H-pyrrole nitrogens is 1. The summed E-state index contributed by atoms with van der Waals surface area (Å²) >= 11 is 5.44. The van der Waals surface area contributed by atoms with Gasteiger partial charge in [0.2, 0.25) is 11.9 Å². The Morgan fingerprint density at radius 2 is 2.04 bits per heavy atom. The SMILES string of the molecule is CNc1nc(=S)c(/C(N)=C/C(=O)N2CCOCC2)c(-c2ccccc2)[nH]1. The number of morpholine rings is 1. The second-order valence-corrected chi connectivity index (χ2v) is 6.18. The highest BCUT2D eigenvalue weighted by atomic mass is 32.1. The molecule has 4 N–H and O–H groups in total. The lowest BCUT2D eigenvalue weighted by molar-refractivity contribution is -0.129. The van der Waals surface area contributed by atoms with Crippen molar-refractivity contribution in [3.8, 4) is 11.3 Å². The number of carbonyl (C=O) groups is 1. The number of nitrogens with two attached hydrogens (primary N) is 1. The quantitative estimate of drug-likeness (QED) is 0.562. The molecular weight excluding hydrogens is 350 g/mol. The van der Waals surface area contributed by atoms with Gasteiger partial charge in [-0.1, -0.05) is 42.5 Å². The molecule has 0 unspecified atom stereocenters. The van der Waals surface area contributed by atoms with Crippen LogP contribution < -0.4 is 11.1 Å². The minimum atomic E-state index is -0.156. The summed E-state index contributed by atoms with van der Waals surface area (Å²) in [5.74, 6) is 0.377. The normalized spacial score (nSPS) is 15.0. The Morgan fingerprint density at radius 1 is 1.35 bits per heavy atom. The number of aromatic amines is 1. The molecule has 2 aromatic rings. The molecule has 0 saturated carbocycles. The standard InChI is InChI=1S/C18H21N5O2S/c1-20-18-21-16(12-5-3-2-4-6-12)15(17(26)22-18)13(19)11-14(24)23-7-9-25-10-8-23/h2-6,11H,7-10,19H2,1H3,(H2,20,21,22,26)/b13-11-. The van der Waals surface area contributed by atoms with E-state index in [-0.39, 0.29) is 11.6 Å². The van der Waals surface area contributed by atoms with Gasteiger partial charge < -0.3 is 25.7 Å². The van der Waals surface area contributed by atoms with Gasteiger partial charge in [-0.2, -0.15) is 0 Å². The lowest BCUT2D eigenvalue weighted by atomic mass is 10.0. The Kier molecular flexibility index (Phi) is 5.65. The molecule has 0 aliphatic carbocycles. The van der Waals surface area contributed by atoms with Gasteiger partial charge in [0, 0.05) is 31.9 Å². The van der Waals surface area contributed by atoms with E-state index in [1.807, 2.05) is 30.3 Å². The van der Waals surface area contributed by atoms with Crippen LogP contribution in [0.15, 0.2) is 36.4 Å². The van der Waals surface area contributed by atoms with Crippen LogP contribution in [0.3, 0.4) is 0 Å². The highest BCUT2D eigenvalue weighted by Gasteiger charge is 2.18. The molecule has 1 aliphatic heterocycles. The average Bonchev–Trinajstić information content (AvgIpc) is 2.68. The van der Waals surface area contributed by atoms with Gasteiger partial charge in [-0.05, 0) is 5.56 Å². The first-order chi connectivity index (χ1) is 12.6. The van der Waals surface area contributed by atoms with Crippen molar-refractivity contribution < 1.29 is 9.53 Å². The van der Waals surface area contributed by atoms with E-state index < -0.39 is 0 Å². The maximum absolute atomic E-state index is 12.5. The summed E-state index contributed by atoms with van der Waals surface area (Å²) in [5, 5.41) is 2.95. The number of ether oxygens (including phenoxy) is 1. The fourth-order valence-corrected chi connectivity index (χ4v) is 3.07. The van der Waals surface area contributed by atoms with E-state index in [9.17, 15) is 4.79 Å².